The number of ether oxygens (including phenoxy) is 1. The van der Waals surface area contributed by atoms with Gasteiger partial charge in [0.15, 0.2) is 5.16 Å². The van der Waals surface area contributed by atoms with Crippen LogP contribution in [0.15, 0.2) is 46.9 Å². The van der Waals surface area contributed by atoms with Crippen molar-refractivity contribution >= 4 is 44.9 Å². The molecule has 29 heavy (non-hydrogen) atoms. The Hall–Kier alpha value is -2.58. The quantitative estimate of drug-likeness (QED) is 0.343. The molecule has 1 unspecified atom stereocenters. The van der Waals surface area contributed by atoms with E-state index in [2.05, 4.69) is 16.9 Å². The number of hydrogen-bond acceptors (Lipinski definition) is 6. The lowest BCUT2D eigenvalue weighted by atomic mass is 10.2. The normalized spacial score (nSPS) is 12.0. The van der Waals surface area contributed by atoms with Crippen molar-refractivity contribution < 1.29 is 9.53 Å². The third-order valence-electron chi connectivity index (χ3n) is 4.55. The Morgan fingerprint density at radius 3 is 2.90 bits per heavy atom. The van der Waals surface area contributed by atoms with Crippen LogP contribution in [0, 0.1) is 13.8 Å². The Morgan fingerprint density at radius 1 is 1.45 bits per heavy atom. The van der Waals surface area contributed by atoms with Crippen LogP contribution in [-0.4, -0.2) is 27.8 Å². The number of thiophene rings is 1. The van der Waals surface area contributed by atoms with E-state index in [1.54, 1.807) is 36.8 Å². The van der Waals surface area contributed by atoms with Crippen molar-refractivity contribution in [1.29, 1.82) is 0 Å². The van der Waals surface area contributed by atoms with Crippen LogP contribution in [-0.2, 0) is 11.3 Å². The van der Waals surface area contributed by atoms with Gasteiger partial charge in [-0.1, -0.05) is 23.9 Å². The molecule has 2 aromatic heterocycles. The Morgan fingerprint density at radius 2 is 2.21 bits per heavy atom. The van der Waals surface area contributed by atoms with Crippen LogP contribution in [0.1, 0.15) is 17.4 Å². The third-order valence-corrected chi connectivity index (χ3v) is 6.75. The second kappa shape index (κ2) is 8.84. The van der Waals surface area contributed by atoms with E-state index in [9.17, 15) is 9.59 Å². The van der Waals surface area contributed by atoms with Crippen LogP contribution in [0.4, 0.5) is 5.69 Å². The number of rotatable bonds is 7. The van der Waals surface area contributed by atoms with Crippen molar-refractivity contribution in [2.24, 2.45) is 0 Å². The van der Waals surface area contributed by atoms with Crippen molar-refractivity contribution in [2.45, 2.75) is 37.7 Å². The summed E-state index contributed by atoms with van der Waals surface area (Å²) < 4.78 is 6.77. The summed E-state index contributed by atoms with van der Waals surface area (Å²) in [5.41, 5.74) is 1.51. The molecule has 0 radical (unpaired) electrons. The Labute approximate surface area is 177 Å². The molecule has 3 rings (SSSR count). The molecule has 0 saturated heterocycles. The summed E-state index contributed by atoms with van der Waals surface area (Å²) in [5.74, 6) is 0.486. The number of amides is 1. The van der Waals surface area contributed by atoms with Crippen molar-refractivity contribution in [3.63, 3.8) is 0 Å². The summed E-state index contributed by atoms with van der Waals surface area (Å²) in [6, 6.07) is 7.17. The molecule has 0 aliphatic rings. The number of nitrogens with zero attached hydrogens (tertiary/aromatic N) is 2. The predicted octanol–water partition coefficient (Wildman–Crippen LogP) is 4.39. The average Bonchev–Trinajstić information content (AvgIpc) is 2.98. The highest BCUT2D eigenvalue weighted by Crippen LogP contribution is 2.30. The first-order chi connectivity index (χ1) is 13.8. The summed E-state index contributed by atoms with van der Waals surface area (Å²) in [7, 11) is 1.58. The van der Waals surface area contributed by atoms with Gasteiger partial charge in [0.1, 0.15) is 10.6 Å². The van der Waals surface area contributed by atoms with E-state index < -0.39 is 5.25 Å². The molecular weight excluding hydrogens is 406 g/mol. The monoisotopic (exact) mass is 429 g/mol. The average molecular weight is 430 g/mol. The minimum atomic E-state index is -0.455. The second-order valence-corrected chi connectivity index (χ2v) is 9.05. The van der Waals surface area contributed by atoms with Crippen LogP contribution in [0.25, 0.3) is 10.2 Å². The van der Waals surface area contributed by atoms with Gasteiger partial charge in [-0.3, -0.25) is 14.2 Å². The molecule has 8 heteroatoms. The Balaban J connectivity index is 1.89. The number of benzene rings is 1. The number of nitrogens with one attached hydrogen (secondary N) is 1. The van der Waals surface area contributed by atoms with E-state index in [1.807, 2.05) is 26.0 Å². The van der Waals surface area contributed by atoms with E-state index in [1.165, 1.54) is 23.1 Å². The minimum absolute atomic E-state index is 0.0975. The van der Waals surface area contributed by atoms with E-state index in [4.69, 9.17) is 4.74 Å². The molecule has 1 N–H and O–H groups in total. The van der Waals surface area contributed by atoms with Gasteiger partial charge < -0.3 is 10.1 Å². The van der Waals surface area contributed by atoms with Crippen LogP contribution >= 0.6 is 23.1 Å². The van der Waals surface area contributed by atoms with Gasteiger partial charge in [0, 0.05) is 23.2 Å². The predicted molar refractivity (Wildman–Crippen MR) is 120 cm³/mol. The molecular formula is C21H23N3O3S2. The maximum absolute atomic E-state index is 13.0. The zero-order valence-electron chi connectivity index (χ0n) is 16.8. The van der Waals surface area contributed by atoms with E-state index >= 15 is 0 Å². The number of methoxy groups -OCH3 is 1. The summed E-state index contributed by atoms with van der Waals surface area (Å²) in [4.78, 5) is 32.2. The molecule has 152 valence electrons. The van der Waals surface area contributed by atoms with Crippen molar-refractivity contribution in [3.8, 4) is 5.75 Å². The number of aromatic nitrogens is 2. The molecule has 2 heterocycles. The largest absolute Gasteiger partial charge is 0.497 e. The molecule has 1 atom stereocenters. The van der Waals surface area contributed by atoms with Gasteiger partial charge >= 0.3 is 0 Å². The first kappa shape index (κ1) is 21.1. The van der Waals surface area contributed by atoms with Crippen molar-refractivity contribution in [2.75, 3.05) is 12.4 Å². The van der Waals surface area contributed by atoms with Crippen LogP contribution in [0.3, 0.4) is 0 Å². The Kier molecular flexibility index (Phi) is 6.44. The lowest BCUT2D eigenvalue weighted by molar-refractivity contribution is -0.115. The number of carbonyl (C=O) groups is 1. The summed E-state index contributed by atoms with van der Waals surface area (Å²) in [6.45, 7) is 9.79. The van der Waals surface area contributed by atoms with E-state index in [-0.39, 0.29) is 11.5 Å². The molecule has 0 aliphatic heterocycles. The number of anilines is 1. The summed E-state index contributed by atoms with van der Waals surface area (Å²) in [5, 5.41) is 3.58. The molecule has 1 amide bonds. The van der Waals surface area contributed by atoms with Gasteiger partial charge in [0.2, 0.25) is 5.91 Å². The van der Waals surface area contributed by atoms with Gasteiger partial charge in [0.05, 0.1) is 17.7 Å². The zero-order valence-corrected chi connectivity index (χ0v) is 18.4. The van der Waals surface area contributed by atoms with Crippen LogP contribution in [0.5, 0.6) is 5.75 Å². The third kappa shape index (κ3) is 4.38. The fraction of sp³-hybridized carbons (Fsp3) is 0.286. The number of thioether (sulfide) groups is 1. The van der Waals surface area contributed by atoms with Crippen LogP contribution in [0.2, 0.25) is 0 Å². The number of allylic oxidation sites excluding steroid dienone is 1. The Bertz CT molecular complexity index is 1130. The summed E-state index contributed by atoms with van der Waals surface area (Å²) >= 11 is 2.76. The number of fused-ring (bicyclic) bond motifs is 1. The van der Waals surface area contributed by atoms with E-state index in [0.29, 0.717) is 33.4 Å². The first-order valence-electron chi connectivity index (χ1n) is 9.08. The van der Waals surface area contributed by atoms with Crippen molar-refractivity contribution in [1.82, 2.24) is 9.55 Å². The standard InChI is InChI=1S/C21H23N3O3S2/c1-6-10-24-20(26)17-12(2)13(3)28-19(17)23-21(24)29-14(4)18(25)22-15-8-7-9-16(11-15)27-5/h6-9,11,14H,1,10H2,2-5H3,(H,22,25). The van der Waals surface area contributed by atoms with Crippen LogP contribution < -0.4 is 15.6 Å². The molecule has 6 nitrogen and oxygen atoms in total. The number of hydrogen-bond donors (Lipinski definition) is 1. The smallest absolute Gasteiger partial charge is 0.263 e. The summed E-state index contributed by atoms with van der Waals surface area (Å²) in [6.07, 6.45) is 1.66. The molecule has 3 aromatic rings. The number of carbonyl (C=O) groups excluding carboxylic acids is 1. The molecule has 0 fully saturated rings. The fourth-order valence-electron chi connectivity index (χ4n) is 2.85. The van der Waals surface area contributed by atoms with E-state index in [0.717, 1.165) is 10.4 Å². The molecule has 0 saturated carbocycles. The molecule has 0 spiro atoms. The van der Waals surface area contributed by atoms with Gasteiger partial charge in [-0.05, 0) is 38.5 Å². The SMILES string of the molecule is C=CCn1c(SC(C)C(=O)Nc2cccc(OC)c2)nc2sc(C)c(C)c2c1=O. The lowest BCUT2D eigenvalue weighted by Gasteiger charge is -2.15. The maximum atomic E-state index is 13.0. The molecule has 0 bridgehead atoms. The van der Waals surface area contributed by atoms with Crippen molar-refractivity contribution in [3.05, 3.63) is 57.7 Å². The number of aryl methyl sites for hydroxylation is 2. The highest BCUT2D eigenvalue weighted by atomic mass is 32.2. The topological polar surface area (TPSA) is 73.2 Å². The molecule has 1 aromatic carbocycles. The molecule has 0 aliphatic carbocycles. The maximum Gasteiger partial charge on any atom is 0.263 e. The van der Waals surface area contributed by atoms with Gasteiger partial charge in [-0.15, -0.1) is 17.9 Å². The minimum Gasteiger partial charge on any atom is -0.497 e. The highest BCUT2D eigenvalue weighted by molar-refractivity contribution is 8.00. The van der Waals surface area contributed by atoms with Gasteiger partial charge in [-0.25, -0.2) is 4.98 Å². The first-order valence-corrected chi connectivity index (χ1v) is 10.8. The lowest BCUT2D eigenvalue weighted by Crippen LogP contribution is -2.26. The van der Waals surface area contributed by atoms with Gasteiger partial charge in [0.25, 0.3) is 5.56 Å². The zero-order chi connectivity index (χ0) is 21.1. The van der Waals surface area contributed by atoms with Gasteiger partial charge in [-0.2, -0.15) is 0 Å². The highest BCUT2D eigenvalue weighted by Gasteiger charge is 2.21. The second-order valence-electron chi connectivity index (χ2n) is 6.54. The fourth-order valence-corrected chi connectivity index (χ4v) is 4.83.